The van der Waals surface area contributed by atoms with Gasteiger partial charge in [-0.15, -0.1) is 0 Å². The molecular weight excluding hydrogens is 629 g/mol. The summed E-state index contributed by atoms with van der Waals surface area (Å²) in [6, 6.07) is 8.14. The second kappa shape index (κ2) is 11.1. The van der Waals surface area contributed by atoms with Crippen molar-refractivity contribution < 1.29 is 33.0 Å². The van der Waals surface area contributed by atoms with E-state index >= 15 is 8.78 Å². The Bertz CT molecular complexity index is 1900. The Labute approximate surface area is 266 Å². The molecule has 2 aromatic heterocycles. The number of methoxy groups -OCH3 is 1. The number of aliphatic hydroxyl groups is 1. The third-order valence-electron chi connectivity index (χ3n) is 8.57. The molecule has 1 aliphatic heterocycles. The molecule has 9 nitrogen and oxygen atoms in total. The van der Waals surface area contributed by atoms with E-state index in [4.69, 9.17) is 38.4 Å². The zero-order valence-electron chi connectivity index (χ0n) is 24.4. The van der Waals surface area contributed by atoms with Gasteiger partial charge in [-0.2, -0.15) is 0 Å². The summed E-state index contributed by atoms with van der Waals surface area (Å²) in [6.07, 6.45) is 1.20. The number of halogens is 4. The summed E-state index contributed by atoms with van der Waals surface area (Å²) in [5.41, 5.74) is 3.33. The summed E-state index contributed by atoms with van der Waals surface area (Å²) < 4.78 is 41.7. The topological polar surface area (TPSA) is 137 Å². The van der Waals surface area contributed by atoms with E-state index in [1.807, 2.05) is 0 Å². The number of carbonyl (C=O) groups is 2. The van der Waals surface area contributed by atoms with Crippen molar-refractivity contribution in [3.8, 4) is 22.8 Å². The van der Waals surface area contributed by atoms with Crippen molar-refractivity contribution in [3.05, 3.63) is 80.6 Å². The number of fused-ring (bicyclic) bond motifs is 2. The molecular formula is C32H28Cl2F2N4O5. The minimum Gasteiger partial charge on any atom is -0.494 e. The first kappa shape index (κ1) is 30.9. The number of hydrogen-bond donors (Lipinski definition) is 3. The summed E-state index contributed by atoms with van der Waals surface area (Å²) in [5, 5.41) is 15.8. The first-order valence-corrected chi connectivity index (χ1v) is 14.8. The van der Waals surface area contributed by atoms with Crippen molar-refractivity contribution in [2.45, 2.75) is 37.7 Å². The van der Waals surface area contributed by atoms with Gasteiger partial charge in [0.25, 0.3) is 5.91 Å². The van der Waals surface area contributed by atoms with Crippen LogP contribution in [0.5, 0.6) is 11.5 Å². The second-order valence-electron chi connectivity index (χ2n) is 11.6. The molecule has 2 amide bonds. The molecule has 1 saturated carbocycles. The van der Waals surface area contributed by atoms with E-state index in [-0.39, 0.29) is 52.4 Å². The SMILES string of the molecule is COc1cc(C(=O)NCC(O)(c2cc3c(c(-c4c(F)cc(Cl)cc4F)n2)OC[C@]3(C)C(N)=O)C2CC2)cc2cc(Cl)c(C)nc12. The van der Waals surface area contributed by atoms with Gasteiger partial charge in [0, 0.05) is 21.5 Å². The monoisotopic (exact) mass is 656 g/mol. The fourth-order valence-electron chi connectivity index (χ4n) is 5.68. The van der Waals surface area contributed by atoms with Crippen molar-refractivity contribution in [1.29, 1.82) is 0 Å². The number of benzene rings is 2. The van der Waals surface area contributed by atoms with Gasteiger partial charge in [0.1, 0.15) is 52.0 Å². The van der Waals surface area contributed by atoms with Gasteiger partial charge in [-0.25, -0.2) is 18.7 Å². The average molecular weight is 658 g/mol. The van der Waals surface area contributed by atoms with E-state index < -0.39 is 40.0 Å². The molecule has 0 bridgehead atoms. The lowest BCUT2D eigenvalue weighted by Gasteiger charge is -2.30. The van der Waals surface area contributed by atoms with E-state index in [2.05, 4.69) is 15.3 Å². The minimum atomic E-state index is -1.79. The van der Waals surface area contributed by atoms with Gasteiger partial charge in [0.15, 0.2) is 0 Å². The maximum Gasteiger partial charge on any atom is 0.251 e. The van der Waals surface area contributed by atoms with Crippen LogP contribution in [0.1, 0.15) is 47.1 Å². The number of ether oxygens (including phenoxy) is 2. The van der Waals surface area contributed by atoms with Crippen LogP contribution in [0.25, 0.3) is 22.2 Å². The molecule has 1 aliphatic carbocycles. The number of hydrogen-bond acceptors (Lipinski definition) is 7. The number of primary amides is 1. The number of rotatable bonds is 8. The molecule has 4 aromatic rings. The molecule has 2 atom stereocenters. The minimum absolute atomic E-state index is 0.00618. The van der Waals surface area contributed by atoms with Crippen LogP contribution in [-0.4, -0.2) is 47.2 Å². The number of aromatic nitrogens is 2. The molecule has 0 radical (unpaired) electrons. The van der Waals surface area contributed by atoms with Crippen molar-refractivity contribution in [1.82, 2.24) is 15.3 Å². The molecule has 45 heavy (non-hydrogen) atoms. The number of nitrogens with one attached hydrogen (secondary N) is 1. The van der Waals surface area contributed by atoms with Gasteiger partial charge >= 0.3 is 0 Å². The van der Waals surface area contributed by atoms with Gasteiger partial charge in [-0.05, 0) is 69.0 Å². The molecule has 3 heterocycles. The summed E-state index contributed by atoms with van der Waals surface area (Å²) in [5.74, 6) is -3.32. The van der Waals surface area contributed by atoms with Crippen molar-refractivity contribution in [2.24, 2.45) is 11.7 Å². The molecule has 234 valence electrons. The molecule has 6 rings (SSSR count). The maximum atomic E-state index is 15.2. The lowest BCUT2D eigenvalue weighted by Crippen LogP contribution is -2.44. The lowest BCUT2D eigenvalue weighted by molar-refractivity contribution is -0.123. The number of carbonyl (C=O) groups excluding carboxylic acids is 2. The van der Waals surface area contributed by atoms with Gasteiger partial charge in [0.2, 0.25) is 5.91 Å². The van der Waals surface area contributed by atoms with Crippen molar-refractivity contribution >= 4 is 45.9 Å². The standard InChI is InChI=1S/C32H28Cl2F2N4O5/c1-14-20(34)7-15-6-16(8-23(44-3)26(15)39-14)29(41)38-12-32(43,17-4-5-17)24-11-19-28(45-13-31(19,2)30(37)42)27(40-24)25-21(35)9-18(33)10-22(25)36/h6-11,17,43H,4-5,12-13H2,1-3H3,(H2,37,42)(H,38,41)/t31-,32?/m0/s1. The number of amides is 2. The Morgan fingerprint density at radius 3 is 2.47 bits per heavy atom. The Kier molecular flexibility index (Phi) is 7.62. The Morgan fingerprint density at radius 1 is 1.16 bits per heavy atom. The first-order valence-electron chi connectivity index (χ1n) is 14.1. The average Bonchev–Trinajstić information content (AvgIpc) is 3.79. The van der Waals surface area contributed by atoms with Crippen LogP contribution in [0.2, 0.25) is 10.0 Å². The largest absolute Gasteiger partial charge is 0.494 e. The maximum absolute atomic E-state index is 15.2. The fourth-order valence-corrected chi connectivity index (χ4v) is 6.03. The van der Waals surface area contributed by atoms with Crippen LogP contribution in [0, 0.1) is 24.5 Å². The smallest absolute Gasteiger partial charge is 0.251 e. The van der Waals surface area contributed by atoms with Gasteiger partial charge in [-0.1, -0.05) is 23.2 Å². The number of nitrogens with zero attached hydrogens (tertiary/aromatic N) is 2. The third-order valence-corrected chi connectivity index (χ3v) is 9.17. The number of aryl methyl sites for hydroxylation is 1. The van der Waals surface area contributed by atoms with Crippen LogP contribution in [0.15, 0.2) is 36.4 Å². The molecule has 4 N–H and O–H groups in total. The summed E-state index contributed by atoms with van der Waals surface area (Å²) in [6.45, 7) is 2.78. The molecule has 1 unspecified atom stereocenters. The molecule has 2 aliphatic rings. The normalized spacial score (nSPS) is 18.7. The van der Waals surface area contributed by atoms with E-state index in [0.29, 0.717) is 40.2 Å². The van der Waals surface area contributed by atoms with E-state index in [0.717, 1.165) is 12.1 Å². The first-order chi connectivity index (χ1) is 21.3. The predicted octanol–water partition coefficient (Wildman–Crippen LogP) is 5.36. The summed E-state index contributed by atoms with van der Waals surface area (Å²) in [7, 11) is 1.46. The van der Waals surface area contributed by atoms with Crippen molar-refractivity contribution in [2.75, 3.05) is 20.3 Å². The zero-order valence-corrected chi connectivity index (χ0v) is 25.9. The number of pyridine rings is 2. The predicted molar refractivity (Wildman–Crippen MR) is 164 cm³/mol. The zero-order chi connectivity index (χ0) is 32.4. The highest BCUT2D eigenvalue weighted by Gasteiger charge is 2.50. The highest BCUT2D eigenvalue weighted by Crippen LogP contribution is 2.50. The molecule has 13 heteroatoms. The molecule has 0 spiro atoms. The Balaban J connectivity index is 1.43. The van der Waals surface area contributed by atoms with E-state index in [9.17, 15) is 14.7 Å². The van der Waals surface area contributed by atoms with Gasteiger partial charge < -0.3 is 25.6 Å². The highest BCUT2D eigenvalue weighted by molar-refractivity contribution is 6.32. The van der Waals surface area contributed by atoms with Gasteiger partial charge in [0.05, 0.1) is 35.6 Å². The second-order valence-corrected chi connectivity index (χ2v) is 12.5. The van der Waals surface area contributed by atoms with Crippen LogP contribution >= 0.6 is 23.2 Å². The summed E-state index contributed by atoms with van der Waals surface area (Å²) >= 11 is 12.1. The van der Waals surface area contributed by atoms with Crippen LogP contribution in [0.3, 0.4) is 0 Å². The van der Waals surface area contributed by atoms with Crippen LogP contribution in [0.4, 0.5) is 8.78 Å². The molecule has 2 aromatic carbocycles. The highest BCUT2D eigenvalue weighted by atomic mass is 35.5. The van der Waals surface area contributed by atoms with E-state index in [1.165, 1.54) is 26.2 Å². The Morgan fingerprint density at radius 2 is 1.84 bits per heavy atom. The Hall–Kier alpha value is -4.06. The lowest BCUT2D eigenvalue weighted by atomic mass is 9.81. The molecule has 1 fully saturated rings. The van der Waals surface area contributed by atoms with Crippen LogP contribution in [-0.2, 0) is 15.8 Å². The third kappa shape index (κ3) is 5.22. The summed E-state index contributed by atoms with van der Waals surface area (Å²) in [4.78, 5) is 35.0. The quantitative estimate of drug-likeness (QED) is 0.232. The van der Waals surface area contributed by atoms with Crippen molar-refractivity contribution in [3.63, 3.8) is 0 Å². The van der Waals surface area contributed by atoms with Gasteiger partial charge in [-0.3, -0.25) is 9.59 Å². The fraction of sp³-hybridized carbons (Fsp3) is 0.312. The van der Waals surface area contributed by atoms with Crippen LogP contribution < -0.4 is 20.5 Å². The molecule has 0 saturated heterocycles. The van der Waals surface area contributed by atoms with E-state index in [1.54, 1.807) is 19.1 Å². The number of nitrogens with two attached hydrogens (primary N) is 1.